The summed E-state index contributed by atoms with van der Waals surface area (Å²) in [6.07, 6.45) is 2.51. The number of piperidine rings is 1. The lowest BCUT2D eigenvalue weighted by atomic mass is 9.84. The van der Waals surface area contributed by atoms with E-state index < -0.39 is 5.60 Å². The van der Waals surface area contributed by atoms with Crippen molar-refractivity contribution in [3.63, 3.8) is 0 Å². The number of rotatable bonds is 5. The van der Waals surface area contributed by atoms with Crippen LogP contribution in [0.1, 0.15) is 71.8 Å². The van der Waals surface area contributed by atoms with Gasteiger partial charge in [0.05, 0.1) is 5.56 Å². The molecule has 0 bridgehead atoms. The number of amides is 1. The van der Waals surface area contributed by atoms with Crippen LogP contribution < -0.4 is 0 Å². The van der Waals surface area contributed by atoms with Gasteiger partial charge in [-0.3, -0.25) is 0 Å². The van der Waals surface area contributed by atoms with Crippen LogP contribution in [0.15, 0.2) is 36.4 Å². The van der Waals surface area contributed by atoms with Crippen LogP contribution >= 0.6 is 0 Å². The van der Waals surface area contributed by atoms with Crippen molar-refractivity contribution in [1.29, 1.82) is 0 Å². The number of carbonyl (C=O) groups is 2. The predicted octanol–water partition coefficient (Wildman–Crippen LogP) is 6.16. The SMILES string of the molecule is Cc1cc(C)c(C(=O)OC(C)(C)C)c(C)c1CC1CCN(C(=O)OCc2ccccc2)CC1. The van der Waals surface area contributed by atoms with Crippen LogP contribution in [0.25, 0.3) is 0 Å². The Morgan fingerprint density at radius 1 is 1.00 bits per heavy atom. The van der Waals surface area contributed by atoms with E-state index in [2.05, 4.69) is 13.0 Å². The molecule has 5 nitrogen and oxygen atoms in total. The van der Waals surface area contributed by atoms with Crippen LogP contribution in [0.5, 0.6) is 0 Å². The third-order valence-corrected chi connectivity index (χ3v) is 6.30. The minimum atomic E-state index is -0.525. The summed E-state index contributed by atoms with van der Waals surface area (Å²) in [7, 11) is 0. The van der Waals surface area contributed by atoms with Crippen LogP contribution in [0, 0.1) is 26.7 Å². The fraction of sp³-hybridized carbons (Fsp3) is 0.500. The molecule has 1 heterocycles. The Bertz CT molecular complexity index is 983. The normalized spacial score (nSPS) is 14.8. The number of hydrogen-bond acceptors (Lipinski definition) is 4. The number of aryl methyl sites for hydroxylation is 2. The van der Waals surface area contributed by atoms with E-state index in [1.807, 2.05) is 65.0 Å². The first-order chi connectivity index (χ1) is 15.5. The maximum Gasteiger partial charge on any atom is 0.410 e. The number of likely N-dealkylation sites (tertiary alicyclic amines) is 1. The molecule has 0 spiro atoms. The molecule has 1 aliphatic heterocycles. The topological polar surface area (TPSA) is 55.8 Å². The minimum absolute atomic E-state index is 0.243. The van der Waals surface area contributed by atoms with Gasteiger partial charge in [0.1, 0.15) is 12.2 Å². The summed E-state index contributed by atoms with van der Waals surface area (Å²) in [5, 5.41) is 0. The van der Waals surface area contributed by atoms with E-state index in [1.54, 1.807) is 4.90 Å². The van der Waals surface area contributed by atoms with Gasteiger partial charge in [-0.2, -0.15) is 0 Å². The molecule has 0 atom stereocenters. The number of nitrogens with zero attached hydrogens (tertiary/aromatic N) is 1. The maximum atomic E-state index is 12.9. The largest absolute Gasteiger partial charge is 0.456 e. The summed E-state index contributed by atoms with van der Waals surface area (Å²) in [4.78, 5) is 27.1. The second kappa shape index (κ2) is 10.4. The van der Waals surface area contributed by atoms with Crippen molar-refractivity contribution < 1.29 is 19.1 Å². The van der Waals surface area contributed by atoms with Gasteiger partial charge in [0.2, 0.25) is 0 Å². The molecule has 33 heavy (non-hydrogen) atoms. The molecular formula is C28H37NO4. The summed E-state index contributed by atoms with van der Waals surface area (Å²) in [5.74, 6) is 0.212. The molecule has 1 aliphatic rings. The zero-order chi connectivity index (χ0) is 24.2. The number of esters is 1. The minimum Gasteiger partial charge on any atom is -0.456 e. The van der Waals surface area contributed by atoms with Crippen molar-refractivity contribution >= 4 is 12.1 Å². The highest BCUT2D eigenvalue weighted by molar-refractivity contribution is 5.93. The molecule has 0 aliphatic carbocycles. The molecule has 1 fully saturated rings. The average Bonchev–Trinajstić information content (AvgIpc) is 2.74. The highest BCUT2D eigenvalue weighted by Gasteiger charge is 2.27. The van der Waals surface area contributed by atoms with Gasteiger partial charge in [0, 0.05) is 13.1 Å². The second-order valence-electron chi connectivity index (χ2n) is 10.2. The molecule has 5 heteroatoms. The molecular weight excluding hydrogens is 414 g/mol. The third-order valence-electron chi connectivity index (χ3n) is 6.30. The van der Waals surface area contributed by atoms with Gasteiger partial charge in [-0.05, 0) is 94.5 Å². The molecule has 0 N–H and O–H groups in total. The summed E-state index contributed by atoms with van der Waals surface area (Å²) < 4.78 is 11.2. The number of benzene rings is 2. The van der Waals surface area contributed by atoms with Crippen molar-refractivity contribution in [2.24, 2.45) is 5.92 Å². The Morgan fingerprint density at radius 2 is 1.64 bits per heavy atom. The summed E-state index contributed by atoms with van der Waals surface area (Å²) in [6, 6.07) is 11.8. The number of ether oxygens (including phenoxy) is 2. The summed E-state index contributed by atoms with van der Waals surface area (Å²) in [6.45, 7) is 13.5. The summed E-state index contributed by atoms with van der Waals surface area (Å²) in [5.41, 5.74) is 5.57. The zero-order valence-electron chi connectivity index (χ0n) is 20.9. The van der Waals surface area contributed by atoms with E-state index in [1.165, 1.54) is 11.1 Å². The Labute approximate surface area is 198 Å². The lowest BCUT2D eigenvalue weighted by molar-refractivity contribution is 0.00676. The van der Waals surface area contributed by atoms with Crippen LogP contribution in [0.4, 0.5) is 4.79 Å². The van der Waals surface area contributed by atoms with E-state index in [9.17, 15) is 9.59 Å². The van der Waals surface area contributed by atoms with Crippen LogP contribution in [0.3, 0.4) is 0 Å². The number of carbonyl (C=O) groups excluding carboxylic acids is 2. The fourth-order valence-corrected chi connectivity index (χ4v) is 4.60. The molecule has 0 unspecified atom stereocenters. The van der Waals surface area contributed by atoms with Crippen LogP contribution in [-0.2, 0) is 22.5 Å². The molecule has 2 aromatic carbocycles. The zero-order valence-corrected chi connectivity index (χ0v) is 20.9. The van der Waals surface area contributed by atoms with Gasteiger partial charge in [0.15, 0.2) is 0 Å². The van der Waals surface area contributed by atoms with Gasteiger partial charge in [-0.25, -0.2) is 9.59 Å². The van der Waals surface area contributed by atoms with E-state index in [4.69, 9.17) is 9.47 Å². The standard InChI is InChI=1S/C28H37NO4/c1-19-16-20(2)25(26(30)33-28(4,5)6)21(3)24(19)17-22-12-14-29(15-13-22)27(31)32-18-23-10-8-7-9-11-23/h7-11,16,22H,12-15,17-18H2,1-6H3. The van der Waals surface area contributed by atoms with Crippen LogP contribution in [0.2, 0.25) is 0 Å². The molecule has 0 saturated carbocycles. The first-order valence-electron chi connectivity index (χ1n) is 11.8. The van der Waals surface area contributed by atoms with Crippen molar-refractivity contribution in [1.82, 2.24) is 4.90 Å². The molecule has 178 valence electrons. The van der Waals surface area contributed by atoms with Gasteiger partial charge in [0.25, 0.3) is 0 Å². The van der Waals surface area contributed by atoms with Crippen molar-refractivity contribution in [2.45, 2.75) is 73.0 Å². The molecule has 0 radical (unpaired) electrons. The van der Waals surface area contributed by atoms with Gasteiger partial charge < -0.3 is 14.4 Å². The third kappa shape index (κ3) is 6.59. The van der Waals surface area contributed by atoms with Gasteiger partial charge >= 0.3 is 12.1 Å². The van der Waals surface area contributed by atoms with Gasteiger partial charge in [-0.15, -0.1) is 0 Å². The molecule has 0 aromatic heterocycles. The Balaban J connectivity index is 1.61. The fourth-order valence-electron chi connectivity index (χ4n) is 4.60. The Kier molecular flexibility index (Phi) is 7.83. The average molecular weight is 452 g/mol. The first-order valence-corrected chi connectivity index (χ1v) is 11.8. The lowest BCUT2D eigenvalue weighted by Gasteiger charge is -2.32. The Hall–Kier alpha value is -2.82. The molecule has 2 aromatic rings. The summed E-state index contributed by atoms with van der Waals surface area (Å²) >= 11 is 0. The highest BCUT2D eigenvalue weighted by atomic mass is 16.6. The molecule has 1 amide bonds. The van der Waals surface area contributed by atoms with Crippen molar-refractivity contribution in [3.05, 3.63) is 69.8 Å². The van der Waals surface area contributed by atoms with Gasteiger partial charge in [-0.1, -0.05) is 36.4 Å². The smallest absolute Gasteiger partial charge is 0.410 e. The van der Waals surface area contributed by atoms with Crippen molar-refractivity contribution in [3.8, 4) is 0 Å². The van der Waals surface area contributed by atoms with E-state index in [0.717, 1.165) is 36.0 Å². The van der Waals surface area contributed by atoms with E-state index >= 15 is 0 Å². The number of hydrogen-bond donors (Lipinski definition) is 0. The maximum absolute atomic E-state index is 12.9. The second-order valence-corrected chi connectivity index (χ2v) is 10.2. The van der Waals surface area contributed by atoms with Crippen LogP contribution in [-0.4, -0.2) is 35.7 Å². The van der Waals surface area contributed by atoms with E-state index in [0.29, 0.717) is 31.2 Å². The lowest BCUT2D eigenvalue weighted by Crippen LogP contribution is -2.39. The first kappa shape index (κ1) is 24.8. The molecule has 3 rings (SSSR count). The Morgan fingerprint density at radius 3 is 2.24 bits per heavy atom. The highest BCUT2D eigenvalue weighted by Crippen LogP contribution is 2.30. The van der Waals surface area contributed by atoms with E-state index in [-0.39, 0.29) is 12.1 Å². The monoisotopic (exact) mass is 451 g/mol. The van der Waals surface area contributed by atoms with Crippen molar-refractivity contribution in [2.75, 3.05) is 13.1 Å². The quantitative estimate of drug-likeness (QED) is 0.511. The molecule has 1 saturated heterocycles. The predicted molar refractivity (Wildman–Crippen MR) is 130 cm³/mol.